The number of rotatable bonds is 3. The lowest BCUT2D eigenvalue weighted by molar-refractivity contribution is 0.616. The molecule has 80 valence electrons. The van der Waals surface area contributed by atoms with Crippen molar-refractivity contribution in [2.45, 2.75) is 20.4 Å². The quantitative estimate of drug-likeness (QED) is 0.790. The predicted molar refractivity (Wildman–Crippen MR) is 61.1 cm³/mol. The number of anilines is 1. The molecule has 5 heteroatoms. The van der Waals surface area contributed by atoms with E-state index >= 15 is 0 Å². The summed E-state index contributed by atoms with van der Waals surface area (Å²) in [7, 11) is 0. The Balaban J connectivity index is 2.95. The van der Waals surface area contributed by atoms with Crippen molar-refractivity contribution >= 4 is 17.3 Å². The number of hydrogen-bond donors (Lipinski definition) is 1. The van der Waals surface area contributed by atoms with Crippen LogP contribution in [0.3, 0.4) is 0 Å². The Morgan fingerprint density at radius 2 is 2.40 bits per heavy atom. The Morgan fingerprint density at radius 3 is 3.00 bits per heavy atom. The molecule has 0 aliphatic carbocycles. The van der Waals surface area contributed by atoms with Gasteiger partial charge in [-0.05, 0) is 13.8 Å². The van der Waals surface area contributed by atoms with Crippen molar-refractivity contribution in [1.82, 2.24) is 9.78 Å². The highest BCUT2D eigenvalue weighted by molar-refractivity contribution is 6.32. The largest absolute Gasteiger partial charge is 0.371 e. The normalized spacial score (nSPS) is 9.27. The van der Waals surface area contributed by atoms with Crippen LogP contribution in [0, 0.1) is 11.8 Å². The summed E-state index contributed by atoms with van der Waals surface area (Å²) in [6.07, 6.45) is 1.53. The molecule has 4 nitrogen and oxygen atoms in total. The molecule has 1 heterocycles. The maximum absolute atomic E-state index is 11.5. The monoisotopic (exact) mass is 225 g/mol. The number of aryl methyl sites for hydroxylation is 1. The third-order valence-electron chi connectivity index (χ3n) is 1.83. The van der Waals surface area contributed by atoms with Crippen molar-refractivity contribution in [1.29, 1.82) is 0 Å². The number of aromatic nitrogens is 2. The first-order valence-corrected chi connectivity index (χ1v) is 4.97. The van der Waals surface area contributed by atoms with Gasteiger partial charge in [0.15, 0.2) is 0 Å². The van der Waals surface area contributed by atoms with Gasteiger partial charge in [0.25, 0.3) is 5.56 Å². The molecule has 0 atom stereocenters. The van der Waals surface area contributed by atoms with Gasteiger partial charge in [-0.2, -0.15) is 5.10 Å². The lowest BCUT2D eigenvalue weighted by Gasteiger charge is -2.06. The topological polar surface area (TPSA) is 46.9 Å². The SMILES string of the molecule is CC#CCNc1cnn(CC)c(=O)c1Cl. The Kier molecular flexibility index (Phi) is 4.19. The van der Waals surface area contributed by atoms with Gasteiger partial charge in [-0.3, -0.25) is 4.79 Å². The Hall–Kier alpha value is -1.47. The Bertz CT molecular complexity index is 456. The molecule has 15 heavy (non-hydrogen) atoms. The van der Waals surface area contributed by atoms with Gasteiger partial charge in [-0.15, -0.1) is 5.92 Å². The van der Waals surface area contributed by atoms with Gasteiger partial charge in [-0.25, -0.2) is 4.68 Å². The zero-order valence-electron chi connectivity index (χ0n) is 8.67. The minimum atomic E-state index is -0.284. The smallest absolute Gasteiger partial charge is 0.287 e. The van der Waals surface area contributed by atoms with Crippen molar-refractivity contribution < 1.29 is 0 Å². The van der Waals surface area contributed by atoms with Gasteiger partial charge in [-0.1, -0.05) is 17.5 Å². The van der Waals surface area contributed by atoms with E-state index in [0.29, 0.717) is 18.8 Å². The van der Waals surface area contributed by atoms with Crippen LogP contribution in [-0.2, 0) is 6.54 Å². The lowest BCUT2D eigenvalue weighted by atomic mass is 10.4. The van der Waals surface area contributed by atoms with Crippen LogP contribution in [0.15, 0.2) is 11.0 Å². The van der Waals surface area contributed by atoms with E-state index < -0.39 is 0 Å². The molecule has 1 aromatic rings. The first-order valence-electron chi connectivity index (χ1n) is 4.59. The number of halogens is 1. The zero-order valence-corrected chi connectivity index (χ0v) is 9.43. The third kappa shape index (κ3) is 2.74. The Morgan fingerprint density at radius 1 is 1.67 bits per heavy atom. The molecule has 0 fully saturated rings. The highest BCUT2D eigenvalue weighted by atomic mass is 35.5. The van der Waals surface area contributed by atoms with Crippen LogP contribution in [0.5, 0.6) is 0 Å². The average molecular weight is 226 g/mol. The molecule has 1 rings (SSSR count). The van der Waals surface area contributed by atoms with E-state index in [9.17, 15) is 4.79 Å². The molecular formula is C10H12ClN3O. The summed E-state index contributed by atoms with van der Waals surface area (Å²) in [5, 5.41) is 7.03. The first kappa shape index (κ1) is 11.6. The van der Waals surface area contributed by atoms with Crippen LogP contribution in [0.2, 0.25) is 5.02 Å². The Labute approximate surface area is 93.3 Å². The van der Waals surface area contributed by atoms with E-state index in [-0.39, 0.29) is 10.6 Å². The summed E-state index contributed by atoms with van der Waals surface area (Å²) < 4.78 is 1.30. The fourth-order valence-corrected chi connectivity index (χ4v) is 1.25. The fraction of sp³-hybridized carbons (Fsp3) is 0.400. The van der Waals surface area contributed by atoms with Crippen molar-refractivity contribution in [3.05, 3.63) is 21.6 Å². The van der Waals surface area contributed by atoms with Gasteiger partial charge < -0.3 is 5.32 Å². The predicted octanol–water partition coefficient (Wildman–Crippen LogP) is 1.35. The van der Waals surface area contributed by atoms with Crippen LogP contribution in [0.4, 0.5) is 5.69 Å². The molecule has 0 saturated heterocycles. The molecule has 0 bridgehead atoms. The second-order valence-corrected chi connectivity index (χ2v) is 3.15. The van der Waals surface area contributed by atoms with E-state index in [1.165, 1.54) is 10.9 Å². The first-order chi connectivity index (χ1) is 7.20. The molecule has 0 saturated carbocycles. The molecule has 0 unspecified atom stereocenters. The van der Waals surface area contributed by atoms with Crippen molar-refractivity contribution in [2.75, 3.05) is 11.9 Å². The summed E-state index contributed by atoms with van der Waals surface area (Å²) >= 11 is 5.87. The summed E-state index contributed by atoms with van der Waals surface area (Å²) in [5.41, 5.74) is 0.239. The molecule has 0 aliphatic heterocycles. The van der Waals surface area contributed by atoms with Crippen molar-refractivity contribution in [2.24, 2.45) is 0 Å². The van der Waals surface area contributed by atoms with Crippen LogP contribution in [0.25, 0.3) is 0 Å². The molecule has 0 amide bonds. The van der Waals surface area contributed by atoms with E-state index in [1.807, 2.05) is 6.92 Å². The highest BCUT2D eigenvalue weighted by Crippen LogP contribution is 2.14. The van der Waals surface area contributed by atoms with Crippen LogP contribution in [-0.4, -0.2) is 16.3 Å². The van der Waals surface area contributed by atoms with Crippen LogP contribution < -0.4 is 10.9 Å². The van der Waals surface area contributed by atoms with Crippen molar-refractivity contribution in [3.8, 4) is 11.8 Å². The summed E-state index contributed by atoms with van der Waals surface area (Å²) in [6, 6.07) is 0. The minimum absolute atomic E-state index is 0.157. The van der Waals surface area contributed by atoms with Gasteiger partial charge >= 0.3 is 0 Å². The van der Waals surface area contributed by atoms with Gasteiger partial charge in [0.05, 0.1) is 18.4 Å². The average Bonchev–Trinajstić information content (AvgIpc) is 2.25. The minimum Gasteiger partial charge on any atom is -0.371 e. The van der Waals surface area contributed by atoms with Crippen molar-refractivity contribution in [3.63, 3.8) is 0 Å². The molecular weight excluding hydrogens is 214 g/mol. The van der Waals surface area contributed by atoms with Gasteiger partial charge in [0, 0.05) is 6.54 Å². The molecule has 0 radical (unpaired) electrons. The molecule has 0 aliphatic rings. The van der Waals surface area contributed by atoms with Crippen LogP contribution in [0.1, 0.15) is 13.8 Å². The second kappa shape index (κ2) is 5.42. The summed E-state index contributed by atoms with van der Waals surface area (Å²) in [4.78, 5) is 11.5. The molecule has 1 aromatic heterocycles. The maximum Gasteiger partial charge on any atom is 0.287 e. The van der Waals surface area contributed by atoms with Gasteiger partial charge in [0.2, 0.25) is 0 Å². The maximum atomic E-state index is 11.5. The van der Waals surface area contributed by atoms with E-state index in [4.69, 9.17) is 11.6 Å². The zero-order chi connectivity index (χ0) is 11.3. The second-order valence-electron chi connectivity index (χ2n) is 2.77. The van der Waals surface area contributed by atoms with E-state index in [0.717, 1.165) is 0 Å². The number of hydrogen-bond acceptors (Lipinski definition) is 3. The summed E-state index contributed by atoms with van der Waals surface area (Å²) in [5.74, 6) is 5.55. The summed E-state index contributed by atoms with van der Waals surface area (Å²) in [6.45, 7) is 4.54. The van der Waals surface area contributed by atoms with Crippen LogP contribution >= 0.6 is 11.6 Å². The standard InChI is InChI=1S/C10H12ClN3O/c1-3-5-6-12-8-7-13-14(4-2)10(15)9(8)11/h7,12H,4,6H2,1-2H3. The molecule has 0 aromatic carbocycles. The lowest BCUT2D eigenvalue weighted by Crippen LogP contribution is -2.23. The highest BCUT2D eigenvalue weighted by Gasteiger charge is 2.06. The number of nitrogens with zero attached hydrogens (tertiary/aromatic N) is 2. The molecule has 0 spiro atoms. The van der Waals surface area contributed by atoms with Gasteiger partial charge in [0.1, 0.15) is 5.02 Å². The van der Waals surface area contributed by atoms with E-state index in [2.05, 4.69) is 22.3 Å². The van der Waals surface area contributed by atoms with E-state index in [1.54, 1.807) is 6.92 Å². The third-order valence-corrected chi connectivity index (χ3v) is 2.19. The molecule has 1 N–H and O–H groups in total. The number of nitrogens with one attached hydrogen (secondary N) is 1. The fourth-order valence-electron chi connectivity index (χ4n) is 1.04.